The second-order valence-electron chi connectivity index (χ2n) is 5.90. The van der Waals surface area contributed by atoms with Gasteiger partial charge in [0.2, 0.25) is 0 Å². The molecular formula is C15H20N4O. The number of benzene rings is 1. The molecule has 3 rings (SSSR count). The number of H-pyrrole nitrogens is 1. The van der Waals surface area contributed by atoms with Crippen molar-refractivity contribution < 1.29 is 0 Å². The fraction of sp³-hybridized carbons (Fsp3) is 0.467. The van der Waals surface area contributed by atoms with Crippen molar-refractivity contribution in [2.45, 2.75) is 20.3 Å². The number of fused-ring (bicyclic) bond motifs is 1. The Kier molecular flexibility index (Phi) is 3.12. The molecule has 1 atom stereocenters. The number of nitrogens with zero attached hydrogens (tertiary/aromatic N) is 2. The van der Waals surface area contributed by atoms with Crippen molar-refractivity contribution in [2.75, 3.05) is 23.7 Å². The number of nitrogens with one attached hydrogen (secondary N) is 1. The maximum Gasteiger partial charge on any atom is 0.258 e. The van der Waals surface area contributed by atoms with Crippen LogP contribution in [0, 0.1) is 11.8 Å². The van der Waals surface area contributed by atoms with E-state index in [0.717, 1.165) is 18.8 Å². The fourth-order valence-corrected chi connectivity index (χ4v) is 2.94. The summed E-state index contributed by atoms with van der Waals surface area (Å²) in [5.41, 5.74) is 8.34. The van der Waals surface area contributed by atoms with E-state index >= 15 is 0 Å². The molecule has 2 aromatic rings. The van der Waals surface area contributed by atoms with Crippen LogP contribution >= 0.6 is 0 Å². The quantitative estimate of drug-likeness (QED) is 0.820. The number of nitrogens with two attached hydrogens (primary N) is 1. The zero-order chi connectivity index (χ0) is 14.3. The van der Waals surface area contributed by atoms with Crippen LogP contribution in [0.15, 0.2) is 23.3 Å². The Morgan fingerprint density at radius 1 is 1.45 bits per heavy atom. The van der Waals surface area contributed by atoms with Crippen LogP contribution in [0.4, 0.5) is 11.4 Å². The summed E-state index contributed by atoms with van der Waals surface area (Å²) in [6.07, 6.45) is 2.63. The molecule has 1 saturated heterocycles. The molecule has 1 aromatic carbocycles. The lowest BCUT2D eigenvalue weighted by Crippen LogP contribution is -2.22. The first-order valence-corrected chi connectivity index (χ1v) is 7.08. The van der Waals surface area contributed by atoms with E-state index in [1.165, 1.54) is 12.7 Å². The lowest BCUT2D eigenvalue weighted by Gasteiger charge is -2.22. The van der Waals surface area contributed by atoms with Gasteiger partial charge < -0.3 is 15.6 Å². The van der Waals surface area contributed by atoms with Gasteiger partial charge in [-0.1, -0.05) is 13.8 Å². The summed E-state index contributed by atoms with van der Waals surface area (Å²) in [5.74, 6) is 1.39. The second-order valence-corrected chi connectivity index (χ2v) is 5.90. The summed E-state index contributed by atoms with van der Waals surface area (Å²) in [6, 6.07) is 3.67. The van der Waals surface area contributed by atoms with E-state index in [9.17, 15) is 4.79 Å². The molecule has 0 amide bonds. The summed E-state index contributed by atoms with van der Waals surface area (Å²) in [4.78, 5) is 20.9. The normalized spacial score (nSPS) is 19.1. The summed E-state index contributed by atoms with van der Waals surface area (Å²) in [7, 11) is 0. The highest BCUT2D eigenvalue weighted by molar-refractivity contribution is 5.88. The molecule has 1 fully saturated rings. The van der Waals surface area contributed by atoms with Crippen LogP contribution in [-0.2, 0) is 0 Å². The van der Waals surface area contributed by atoms with Gasteiger partial charge >= 0.3 is 0 Å². The third kappa shape index (κ3) is 2.13. The number of rotatable bonds is 2. The smallest absolute Gasteiger partial charge is 0.258 e. The standard InChI is InChI=1S/C15H20N4O/c1-9(2)10-3-4-19(7-10)14-6-13-11(5-12(14)16)15(20)18-8-17-13/h5-6,8-10H,3-4,7,16H2,1-2H3,(H,17,18,20). The first-order chi connectivity index (χ1) is 9.56. The van der Waals surface area contributed by atoms with Crippen molar-refractivity contribution in [3.05, 3.63) is 28.8 Å². The number of anilines is 2. The van der Waals surface area contributed by atoms with Gasteiger partial charge in [0.05, 0.1) is 28.6 Å². The van der Waals surface area contributed by atoms with Crippen LogP contribution in [0.25, 0.3) is 10.9 Å². The second kappa shape index (κ2) is 4.81. The monoisotopic (exact) mass is 272 g/mol. The molecule has 2 heterocycles. The first kappa shape index (κ1) is 13.0. The number of hydrogen-bond donors (Lipinski definition) is 2. The van der Waals surface area contributed by atoms with E-state index in [-0.39, 0.29) is 5.56 Å². The van der Waals surface area contributed by atoms with Crippen LogP contribution in [0.5, 0.6) is 0 Å². The Hall–Kier alpha value is -2.04. The van der Waals surface area contributed by atoms with Gasteiger partial charge in [-0.2, -0.15) is 0 Å². The van der Waals surface area contributed by atoms with Gasteiger partial charge in [0.25, 0.3) is 5.56 Å². The Morgan fingerprint density at radius 2 is 2.25 bits per heavy atom. The molecule has 0 bridgehead atoms. The minimum atomic E-state index is -0.144. The molecule has 1 aromatic heterocycles. The molecule has 1 aliphatic rings. The molecule has 1 unspecified atom stereocenters. The van der Waals surface area contributed by atoms with E-state index in [1.807, 2.05) is 6.07 Å². The predicted molar refractivity (Wildman–Crippen MR) is 81.9 cm³/mol. The van der Waals surface area contributed by atoms with Crippen LogP contribution < -0.4 is 16.2 Å². The summed E-state index contributed by atoms with van der Waals surface area (Å²) in [5, 5.41) is 0.549. The van der Waals surface area contributed by atoms with Crippen molar-refractivity contribution >= 4 is 22.3 Å². The first-order valence-electron chi connectivity index (χ1n) is 7.08. The molecule has 0 radical (unpaired) electrons. The number of aromatic amines is 1. The summed E-state index contributed by atoms with van der Waals surface area (Å²) in [6.45, 7) is 6.57. The van der Waals surface area contributed by atoms with Crippen LogP contribution in [0.2, 0.25) is 0 Å². The van der Waals surface area contributed by atoms with Gasteiger partial charge in [-0.15, -0.1) is 0 Å². The van der Waals surface area contributed by atoms with Crippen LogP contribution in [0.3, 0.4) is 0 Å². The van der Waals surface area contributed by atoms with Gasteiger partial charge in [0, 0.05) is 13.1 Å². The Labute approximate surface area is 117 Å². The Balaban J connectivity index is 2.01. The maximum atomic E-state index is 11.7. The highest BCUT2D eigenvalue weighted by Gasteiger charge is 2.26. The van der Waals surface area contributed by atoms with Gasteiger partial charge in [-0.25, -0.2) is 4.98 Å². The lowest BCUT2D eigenvalue weighted by atomic mass is 9.95. The molecule has 0 aliphatic carbocycles. The molecule has 0 saturated carbocycles. The average molecular weight is 272 g/mol. The highest BCUT2D eigenvalue weighted by Crippen LogP contribution is 2.33. The van der Waals surface area contributed by atoms with E-state index < -0.39 is 0 Å². The molecule has 106 valence electrons. The van der Waals surface area contributed by atoms with Crippen LogP contribution in [-0.4, -0.2) is 23.1 Å². The molecule has 3 N–H and O–H groups in total. The molecule has 5 nitrogen and oxygen atoms in total. The number of hydrogen-bond acceptors (Lipinski definition) is 4. The zero-order valence-electron chi connectivity index (χ0n) is 11.9. The van der Waals surface area contributed by atoms with Crippen molar-refractivity contribution in [3.8, 4) is 0 Å². The molecular weight excluding hydrogens is 252 g/mol. The number of nitrogen functional groups attached to an aromatic ring is 1. The van der Waals surface area contributed by atoms with E-state index in [0.29, 0.717) is 28.4 Å². The third-order valence-corrected chi connectivity index (χ3v) is 4.30. The number of aromatic nitrogens is 2. The maximum absolute atomic E-state index is 11.7. The Morgan fingerprint density at radius 3 is 2.95 bits per heavy atom. The molecule has 20 heavy (non-hydrogen) atoms. The van der Waals surface area contributed by atoms with Gasteiger partial charge in [-0.05, 0) is 30.4 Å². The SMILES string of the molecule is CC(C)C1CCN(c2cc3nc[nH]c(=O)c3cc2N)C1. The van der Waals surface area contributed by atoms with Crippen molar-refractivity contribution in [3.63, 3.8) is 0 Å². The third-order valence-electron chi connectivity index (χ3n) is 4.30. The van der Waals surface area contributed by atoms with Crippen molar-refractivity contribution in [1.82, 2.24) is 9.97 Å². The largest absolute Gasteiger partial charge is 0.397 e. The van der Waals surface area contributed by atoms with Gasteiger partial charge in [-0.3, -0.25) is 4.79 Å². The van der Waals surface area contributed by atoms with Gasteiger partial charge in [0.15, 0.2) is 0 Å². The van der Waals surface area contributed by atoms with E-state index in [2.05, 4.69) is 28.7 Å². The topological polar surface area (TPSA) is 75.0 Å². The fourth-order valence-electron chi connectivity index (χ4n) is 2.94. The minimum Gasteiger partial charge on any atom is -0.397 e. The Bertz CT molecular complexity index is 692. The van der Waals surface area contributed by atoms with E-state index in [4.69, 9.17) is 5.73 Å². The molecule has 5 heteroatoms. The highest BCUT2D eigenvalue weighted by atomic mass is 16.1. The average Bonchev–Trinajstić information content (AvgIpc) is 2.89. The van der Waals surface area contributed by atoms with E-state index in [1.54, 1.807) is 6.07 Å². The van der Waals surface area contributed by atoms with Crippen molar-refractivity contribution in [2.24, 2.45) is 11.8 Å². The van der Waals surface area contributed by atoms with Gasteiger partial charge in [0.1, 0.15) is 0 Å². The lowest BCUT2D eigenvalue weighted by molar-refractivity contribution is 0.423. The molecule has 0 spiro atoms. The zero-order valence-corrected chi connectivity index (χ0v) is 11.9. The summed E-state index contributed by atoms with van der Waals surface area (Å²) >= 11 is 0. The van der Waals surface area contributed by atoms with Crippen LogP contribution in [0.1, 0.15) is 20.3 Å². The minimum absolute atomic E-state index is 0.144. The molecule has 1 aliphatic heterocycles. The van der Waals surface area contributed by atoms with Crippen molar-refractivity contribution in [1.29, 1.82) is 0 Å². The summed E-state index contributed by atoms with van der Waals surface area (Å²) < 4.78 is 0. The predicted octanol–water partition coefficient (Wildman–Crippen LogP) is 1.99.